The van der Waals surface area contributed by atoms with Crippen LogP contribution in [0.4, 0.5) is 5.69 Å². The van der Waals surface area contributed by atoms with Gasteiger partial charge >= 0.3 is 0 Å². The van der Waals surface area contributed by atoms with Gasteiger partial charge in [0.1, 0.15) is 4.83 Å². The van der Waals surface area contributed by atoms with E-state index in [4.69, 9.17) is 0 Å². The van der Waals surface area contributed by atoms with Crippen LogP contribution in [0.25, 0.3) is 15.9 Å². The average molecular weight is 464 g/mol. The lowest BCUT2D eigenvalue weighted by molar-refractivity contribution is -0.127. The van der Waals surface area contributed by atoms with E-state index in [9.17, 15) is 9.59 Å². The van der Waals surface area contributed by atoms with Gasteiger partial charge in [-0.3, -0.25) is 14.2 Å². The van der Waals surface area contributed by atoms with E-state index in [2.05, 4.69) is 45.6 Å². The molecule has 5 rings (SSSR count). The zero-order valence-electron chi connectivity index (χ0n) is 19.0. The summed E-state index contributed by atoms with van der Waals surface area (Å²) in [6, 6.07) is 10.5. The highest BCUT2D eigenvalue weighted by molar-refractivity contribution is 7.19. The molecule has 0 saturated carbocycles. The van der Waals surface area contributed by atoms with Gasteiger partial charge in [0.2, 0.25) is 5.91 Å². The largest absolute Gasteiger partial charge is 0.368 e. The number of carbonyl (C=O) groups excluding carboxylic acids is 1. The molecule has 0 aliphatic carbocycles. The summed E-state index contributed by atoms with van der Waals surface area (Å²) in [5.41, 5.74) is 3.14. The van der Waals surface area contributed by atoms with Crippen LogP contribution in [0.5, 0.6) is 0 Å². The van der Waals surface area contributed by atoms with Crippen LogP contribution in [-0.2, 0) is 11.3 Å². The summed E-state index contributed by atoms with van der Waals surface area (Å²) in [4.78, 5) is 38.0. The molecule has 2 aliphatic heterocycles. The van der Waals surface area contributed by atoms with Crippen molar-refractivity contribution in [1.29, 1.82) is 0 Å². The molecule has 8 heteroatoms. The van der Waals surface area contributed by atoms with Gasteiger partial charge in [0.05, 0.1) is 16.6 Å². The van der Waals surface area contributed by atoms with Crippen molar-refractivity contribution in [3.8, 4) is 0 Å². The highest BCUT2D eigenvalue weighted by atomic mass is 32.1. The Morgan fingerprint density at radius 3 is 2.52 bits per heavy atom. The second kappa shape index (κ2) is 9.02. The van der Waals surface area contributed by atoms with Crippen molar-refractivity contribution >= 4 is 38.8 Å². The number of amides is 1. The van der Waals surface area contributed by atoms with Crippen LogP contribution < -0.4 is 10.5 Å². The fourth-order valence-electron chi connectivity index (χ4n) is 4.78. The number of fused-ring (bicyclic) bond motifs is 1. The molecule has 172 valence electrons. The molecule has 3 aromatic rings. The Kier molecular flexibility index (Phi) is 5.93. The summed E-state index contributed by atoms with van der Waals surface area (Å²) in [6.45, 7) is 11.9. The van der Waals surface area contributed by atoms with E-state index >= 15 is 0 Å². The highest BCUT2D eigenvalue weighted by Crippen LogP contribution is 2.34. The van der Waals surface area contributed by atoms with Crippen molar-refractivity contribution in [2.75, 3.05) is 44.2 Å². The summed E-state index contributed by atoms with van der Waals surface area (Å²) in [7, 11) is 0. The van der Waals surface area contributed by atoms with Crippen molar-refractivity contribution in [2.45, 2.75) is 26.3 Å². The molecule has 0 bridgehead atoms. The number of likely N-dealkylation sites (tertiary alicyclic amines) is 1. The molecule has 0 unspecified atom stereocenters. The molecule has 0 atom stereocenters. The van der Waals surface area contributed by atoms with E-state index in [0.29, 0.717) is 24.9 Å². The Morgan fingerprint density at radius 1 is 1.06 bits per heavy atom. The molecular weight excluding hydrogens is 434 g/mol. The van der Waals surface area contributed by atoms with Crippen LogP contribution >= 0.6 is 11.3 Å². The van der Waals surface area contributed by atoms with Gasteiger partial charge in [0.15, 0.2) is 0 Å². The normalized spacial score (nSPS) is 16.8. The predicted octanol–water partition coefficient (Wildman–Crippen LogP) is 3.18. The van der Waals surface area contributed by atoms with Crippen LogP contribution in [0, 0.1) is 6.92 Å². The van der Waals surface area contributed by atoms with Crippen molar-refractivity contribution in [3.05, 3.63) is 64.0 Å². The van der Waals surface area contributed by atoms with Gasteiger partial charge in [0, 0.05) is 63.6 Å². The molecule has 1 amide bonds. The van der Waals surface area contributed by atoms with E-state index in [1.807, 2.05) is 17.9 Å². The third-order valence-electron chi connectivity index (χ3n) is 6.74. The minimum atomic E-state index is -0.0339. The van der Waals surface area contributed by atoms with Crippen LogP contribution in [0.15, 0.2) is 48.0 Å². The minimum absolute atomic E-state index is 0.0339. The van der Waals surface area contributed by atoms with Gasteiger partial charge in [-0.15, -0.1) is 11.3 Å². The maximum absolute atomic E-state index is 13.2. The first-order valence-electron chi connectivity index (χ1n) is 11.5. The van der Waals surface area contributed by atoms with Crippen LogP contribution in [0.3, 0.4) is 0 Å². The van der Waals surface area contributed by atoms with Gasteiger partial charge in [0.25, 0.3) is 5.56 Å². The first-order chi connectivity index (χ1) is 16.0. The number of aromatic nitrogens is 2. The number of aryl methyl sites for hydroxylation is 1. The number of benzene rings is 1. The number of piperazine rings is 1. The number of rotatable bonds is 6. The highest BCUT2D eigenvalue weighted by Gasteiger charge is 2.24. The number of carbonyl (C=O) groups is 1. The lowest BCUT2D eigenvalue weighted by Gasteiger charge is -2.38. The van der Waals surface area contributed by atoms with Crippen molar-refractivity contribution in [3.63, 3.8) is 0 Å². The van der Waals surface area contributed by atoms with Crippen LogP contribution in [0.2, 0.25) is 0 Å². The molecule has 0 spiro atoms. The quantitative estimate of drug-likeness (QED) is 0.562. The van der Waals surface area contributed by atoms with E-state index in [1.54, 1.807) is 22.2 Å². The number of para-hydroxylation sites is 1. The molecule has 0 N–H and O–H groups in total. The van der Waals surface area contributed by atoms with E-state index < -0.39 is 0 Å². The molecule has 2 fully saturated rings. The number of hydrogen-bond donors (Lipinski definition) is 0. The topological polar surface area (TPSA) is 61.7 Å². The zero-order chi connectivity index (χ0) is 22.9. The van der Waals surface area contributed by atoms with Crippen LogP contribution in [-0.4, -0.2) is 64.5 Å². The molecule has 33 heavy (non-hydrogen) atoms. The first kappa shape index (κ1) is 21.7. The number of anilines is 1. The summed E-state index contributed by atoms with van der Waals surface area (Å²) in [5, 5.41) is 0.675. The number of nitrogens with zero attached hydrogens (tertiary/aromatic N) is 5. The monoisotopic (exact) mass is 463 g/mol. The summed E-state index contributed by atoms with van der Waals surface area (Å²) in [6.07, 6.45) is 3.13. The lowest BCUT2D eigenvalue weighted by atomic mass is 10.1. The Hall–Kier alpha value is -3.13. The van der Waals surface area contributed by atoms with Crippen molar-refractivity contribution < 1.29 is 4.79 Å². The smallest absolute Gasteiger partial charge is 0.262 e. The Bertz CT molecular complexity index is 1240. The van der Waals surface area contributed by atoms with Gasteiger partial charge in [-0.05, 0) is 31.0 Å². The third kappa shape index (κ3) is 4.15. The maximum Gasteiger partial charge on any atom is 0.262 e. The summed E-state index contributed by atoms with van der Waals surface area (Å²) in [5.74, 6) is 0.176. The zero-order valence-corrected chi connectivity index (χ0v) is 19.8. The third-order valence-corrected chi connectivity index (χ3v) is 7.99. The lowest BCUT2D eigenvalue weighted by Crippen LogP contribution is -2.45. The molecule has 7 nitrogen and oxygen atoms in total. The minimum Gasteiger partial charge on any atom is -0.368 e. The maximum atomic E-state index is 13.2. The molecule has 4 heterocycles. The summed E-state index contributed by atoms with van der Waals surface area (Å²) >= 11 is 1.55. The fourth-order valence-corrected chi connectivity index (χ4v) is 5.92. The van der Waals surface area contributed by atoms with E-state index in [0.717, 1.165) is 60.1 Å². The van der Waals surface area contributed by atoms with E-state index in [1.165, 1.54) is 5.69 Å². The van der Waals surface area contributed by atoms with Gasteiger partial charge in [-0.1, -0.05) is 24.8 Å². The number of hydrogen-bond acceptors (Lipinski definition) is 6. The predicted molar refractivity (Wildman–Crippen MR) is 134 cm³/mol. The Labute approximate surface area is 197 Å². The standard InChI is InChI=1S/C25H29N5O2S/c1-18-22-24(26-17-30(25(22)32)16-15-29-10-6-9-21(29)31)33-23(18)19(2)27-11-13-28(14-12-27)20-7-4-3-5-8-20/h3-5,7-8,17H,2,6,9-16H2,1H3. The summed E-state index contributed by atoms with van der Waals surface area (Å²) < 4.78 is 1.64. The van der Waals surface area contributed by atoms with Gasteiger partial charge in [-0.2, -0.15) is 0 Å². The van der Waals surface area contributed by atoms with Gasteiger partial charge < -0.3 is 14.7 Å². The molecule has 2 aromatic heterocycles. The van der Waals surface area contributed by atoms with Crippen molar-refractivity contribution in [1.82, 2.24) is 19.4 Å². The molecule has 1 aromatic carbocycles. The Balaban J connectivity index is 1.32. The number of thiophene rings is 1. The molecule has 0 radical (unpaired) electrons. The average Bonchev–Trinajstić information content (AvgIpc) is 3.41. The Morgan fingerprint density at radius 2 is 1.82 bits per heavy atom. The van der Waals surface area contributed by atoms with Crippen molar-refractivity contribution in [2.24, 2.45) is 0 Å². The molecule has 2 saturated heterocycles. The van der Waals surface area contributed by atoms with E-state index in [-0.39, 0.29) is 11.5 Å². The molecular formula is C25H29N5O2S. The second-order valence-electron chi connectivity index (χ2n) is 8.72. The second-order valence-corrected chi connectivity index (χ2v) is 9.72. The SMILES string of the molecule is C=C(c1sc2ncn(CCN3CCCC3=O)c(=O)c2c1C)N1CCN(c2ccccc2)CC1. The first-order valence-corrected chi connectivity index (χ1v) is 12.3. The molecule has 2 aliphatic rings. The van der Waals surface area contributed by atoms with Crippen LogP contribution in [0.1, 0.15) is 23.3 Å². The van der Waals surface area contributed by atoms with Gasteiger partial charge in [-0.25, -0.2) is 4.98 Å². The fraction of sp³-hybridized carbons (Fsp3) is 0.400.